The Labute approximate surface area is 155 Å². The Morgan fingerprint density at radius 1 is 0.708 bits per heavy atom. The fraction of sp³-hybridized carbons (Fsp3) is 0.118. The lowest BCUT2D eigenvalue weighted by atomic mass is 10.2. The monoisotopic (exact) mass is 454 g/mol. The fourth-order valence-corrected chi connectivity index (χ4v) is 2.64. The third-order valence-electron chi connectivity index (χ3n) is 2.92. The summed E-state index contributed by atoms with van der Waals surface area (Å²) in [5, 5.41) is 0. The van der Waals surface area contributed by atoms with Gasteiger partial charge in [0.1, 0.15) is 0 Å². The van der Waals surface area contributed by atoms with Crippen molar-refractivity contribution in [1.29, 1.82) is 0 Å². The largest absolute Gasteiger partial charge is 0.454 e. The normalized spacial score (nSPS) is 10.1. The first-order valence-electron chi connectivity index (χ1n) is 6.84. The van der Waals surface area contributed by atoms with E-state index in [-0.39, 0.29) is 0 Å². The maximum Gasteiger partial charge on any atom is 0.339 e. The Balaban J connectivity index is 1.82. The van der Waals surface area contributed by atoms with E-state index >= 15 is 0 Å². The zero-order valence-electron chi connectivity index (χ0n) is 12.3. The third kappa shape index (κ3) is 5.01. The zero-order valence-corrected chi connectivity index (χ0v) is 15.5. The lowest BCUT2D eigenvalue weighted by molar-refractivity contribution is -0.125. The molecule has 0 atom stereocenters. The van der Waals surface area contributed by atoms with Crippen LogP contribution in [0.4, 0.5) is 0 Å². The summed E-state index contributed by atoms with van der Waals surface area (Å²) in [4.78, 5) is 35.4. The lowest BCUT2D eigenvalue weighted by Gasteiger charge is -2.07. The van der Waals surface area contributed by atoms with Gasteiger partial charge >= 0.3 is 11.9 Å². The molecule has 0 aliphatic rings. The van der Waals surface area contributed by atoms with Crippen LogP contribution in [-0.4, -0.2) is 30.9 Å². The van der Waals surface area contributed by atoms with Gasteiger partial charge in [0.15, 0.2) is 13.2 Å². The number of rotatable bonds is 6. The summed E-state index contributed by atoms with van der Waals surface area (Å²) in [6.45, 7) is -0.938. The summed E-state index contributed by atoms with van der Waals surface area (Å²) < 4.78 is 11.0. The third-order valence-corrected chi connectivity index (χ3v) is 4.30. The second-order valence-electron chi connectivity index (χ2n) is 4.65. The van der Waals surface area contributed by atoms with Crippen molar-refractivity contribution in [2.75, 3.05) is 13.2 Å². The van der Waals surface area contributed by atoms with Gasteiger partial charge in [-0.25, -0.2) is 9.59 Å². The highest BCUT2D eigenvalue weighted by Gasteiger charge is 2.16. The highest BCUT2D eigenvalue weighted by molar-refractivity contribution is 9.10. The van der Waals surface area contributed by atoms with Gasteiger partial charge in [0.2, 0.25) is 5.78 Å². The van der Waals surface area contributed by atoms with Crippen molar-refractivity contribution in [2.24, 2.45) is 0 Å². The van der Waals surface area contributed by atoms with Crippen LogP contribution in [0, 0.1) is 0 Å². The molecule has 0 amide bonds. The number of benzene rings is 2. The molecule has 124 valence electrons. The predicted octanol–water partition coefficient (Wildman–Crippen LogP) is 3.79. The topological polar surface area (TPSA) is 69.7 Å². The van der Waals surface area contributed by atoms with Crippen LogP contribution in [0.5, 0.6) is 0 Å². The Bertz CT molecular complexity index is 710. The van der Waals surface area contributed by atoms with Crippen LogP contribution in [-0.2, 0) is 14.3 Å². The van der Waals surface area contributed by atoms with E-state index in [1.807, 2.05) is 0 Å². The molecule has 0 aliphatic heterocycles. The molecule has 0 bridgehead atoms. The SMILES string of the molecule is O=C(COC(=O)c1ccccc1Br)COC(=O)c1ccccc1Br. The molecule has 0 unspecified atom stereocenters. The van der Waals surface area contributed by atoms with E-state index in [1.165, 1.54) is 0 Å². The van der Waals surface area contributed by atoms with E-state index in [0.29, 0.717) is 20.1 Å². The quantitative estimate of drug-likeness (QED) is 0.619. The van der Waals surface area contributed by atoms with Crippen molar-refractivity contribution < 1.29 is 23.9 Å². The first-order valence-corrected chi connectivity index (χ1v) is 8.42. The first kappa shape index (κ1) is 18.4. The molecule has 2 aromatic rings. The molecule has 7 heteroatoms. The highest BCUT2D eigenvalue weighted by Crippen LogP contribution is 2.17. The number of esters is 2. The maximum atomic E-state index is 11.9. The van der Waals surface area contributed by atoms with Crippen LogP contribution in [0.1, 0.15) is 20.7 Å². The van der Waals surface area contributed by atoms with E-state index in [0.717, 1.165) is 0 Å². The average Bonchev–Trinajstić information content (AvgIpc) is 2.58. The number of hydrogen-bond acceptors (Lipinski definition) is 5. The maximum absolute atomic E-state index is 11.9. The molecule has 24 heavy (non-hydrogen) atoms. The molecule has 0 spiro atoms. The molecular weight excluding hydrogens is 444 g/mol. The standard InChI is InChI=1S/C17H12Br2O5/c18-14-7-3-1-5-12(14)16(21)23-9-11(20)10-24-17(22)13-6-2-4-8-15(13)19/h1-8H,9-10H2. The Morgan fingerprint density at radius 2 is 1.08 bits per heavy atom. The van der Waals surface area contributed by atoms with E-state index in [1.54, 1.807) is 48.5 Å². The minimum atomic E-state index is -0.632. The van der Waals surface area contributed by atoms with Crippen LogP contribution in [0.25, 0.3) is 0 Å². The van der Waals surface area contributed by atoms with E-state index in [4.69, 9.17) is 9.47 Å². The van der Waals surface area contributed by atoms with Gasteiger partial charge in [0.25, 0.3) is 0 Å². The summed E-state index contributed by atoms with van der Waals surface area (Å²) in [6, 6.07) is 13.4. The molecule has 0 saturated heterocycles. The van der Waals surface area contributed by atoms with Crippen LogP contribution in [0.2, 0.25) is 0 Å². The van der Waals surface area contributed by atoms with Crippen molar-refractivity contribution in [3.63, 3.8) is 0 Å². The Morgan fingerprint density at radius 3 is 1.46 bits per heavy atom. The van der Waals surface area contributed by atoms with Gasteiger partial charge in [-0.05, 0) is 56.1 Å². The number of ketones is 1. The number of halogens is 2. The summed E-state index contributed by atoms with van der Waals surface area (Å²) >= 11 is 6.45. The van der Waals surface area contributed by atoms with E-state index < -0.39 is 30.9 Å². The second kappa shape index (κ2) is 8.75. The van der Waals surface area contributed by atoms with Gasteiger partial charge in [0.05, 0.1) is 11.1 Å². The molecule has 0 aliphatic carbocycles. The number of Topliss-reactive ketones (excluding diaryl/α,β-unsaturated/α-hetero) is 1. The second-order valence-corrected chi connectivity index (χ2v) is 6.36. The minimum Gasteiger partial charge on any atom is -0.454 e. The Kier molecular flexibility index (Phi) is 6.69. The number of ether oxygens (including phenoxy) is 2. The van der Waals surface area contributed by atoms with Gasteiger partial charge in [0, 0.05) is 8.95 Å². The van der Waals surface area contributed by atoms with Gasteiger partial charge in [-0.1, -0.05) is 24.3 Å². The summed E-state index contributed by atoms with van der Waals surface area (Å²) in [5.74, 6) is -1.78. The molecule has 2 rings (SSSR count). The minimum absolute atomic E-state index is 0.315. The lowest BCUT2D eigenvalue weighted by Crippen LogP contribution is -2.21. The number of carbonyl (C=O) groups excluding carboxylic acids is 3. The van der Waals surface area contributed by atoms with Crippen LogP contribution in [0.15, 0.2) is 57.5 Å². The average molecular weight is 456 g/mol. The highest BCUT2D eigenvalue weighted by atomic mass is 79.9. The van der Waals surface area contributed by atoms with Crippen molar-refractivity contribution in [2.45, 2.75) is 0 Å². The fourth-order valence-electron chi connectivity index (χ4n) is 1.74. The molecule has 0 N–H and O–H groups in total. The van der Waals surface area contributed by atoms with Gasteiger partial charge in [-0.15, -0.1) is 0 Å². The van der Waals surface area contributed by atoms with Crippen LogP contribution in [0.3, 0.4) is 0 Å². The van der Waals surface area contributed by atoms with Crippen molar-refractivity contribution in [1.82, 2.24) is 0 Å². The van der Waals surface area contributed by atoms with Gasteiger partial charge in [-0.2, -0.15) is 0 Å². The predicted molar refractivity (Wildman–Crippen MR) is 93.9 cm³/mol. The van der Waals surface area contributed by atoms with Crippen molar-refractivity contribution in [3.05, 3.63) is 68.6 Å². The first-order chi connectivity index (χ1) is 11.5. The van der Waals surface area contributed by atoms with Crippen LogP contribution < -0.4 is 0 Å². The van der Waals surface area contributed by atoms with Gasteiger partial charge in [-0.3, -0.25) is 4.79 Å². The summed E-state index contributed by atoms with van der Waals surface area (Å²) in [5.41, 5.74) is 0.631. The molecule has 0 radical (unpaired) electrons. The number of carbonyl (C=O) groups is 3. The van der Waals surface area contributed by atoms with Crippen molar-refractivity contribution >= 4 is 49.6 Å². The number of hydrogen-bond donors (Lipinski definition) is 0. The molecule has 0 aromatic heterocycles. The molecule has 0 fully saturated rings. The summed E-state index contributed by atoms with van der Waals surface area (Å²) in [6.07, 6.45) is 0. The van der Waals surface area contributed by atoms with Crippen LogP contribution >= 0.6 is 31.9 Å². The summed E-state index contributed by atoms with van der Waals surface area (Å²) in [7, 11) is 0. The zero-order chi connectivity index (χ0) is 17.5. The van der Waals surface area contributed by atoms with Gasteiger partial charge < -0.3 is 9.47 Å². The molecule has 0 heterocycles. The molecule has 2 aromatic carbocycles. The van der Waals surface area contributed by atoms with E-state index in [2.05, 4.69) is 31.9 Å². The molecule has 5 nitrogen and oxygen atoms in total. The van der Waals surface area contributed by atoms with Crippen molar-refractivity contribution in [3.8, 4) is 0 Å². The van der Waals surface area contributed by atoms with E-state index in [9.17, 15) is 14.4 Å². The molecular formula is C17H12Br2O5. The Hall–Kier alpha value is -1.99. The molecule has 0 saturated carbocycles. The smallest absolute Gasteiger partial charge is 0.339 e.